The van der Waals surface area contributed by atoms with Crippen molar-refractivity contribution >= 4 is 28.8 Å². The fourth-order valence-corrected chi connectivity index (χ4v) is 3.57. The fourth-order valence-electron chi connectivity index (χ4n) is 2.82. The predicted molar refractivity (Wildman–Crippen MR) is 91.0 cm³/mol. The van der Waals surface area contributed by atoms with Crippen LogP contribution >= 0.6 is 22.9 Å². The van der Waals surface area contributed by atoms with Crippen molar-refractivity contribution in [2.24, 2.45) is 0 Å². The van der Waals surface area contributed by atoms with Crippen LogP contribution in [0.1, 0.15) is 24.7 Å². The molecule has 0 atom stereocenters. The van der Waals surface area contributed by atoms with E-state index in [2.05, 4.69) is 20.0 Å². The zero-order valence-corrected chi connectivity index (χ0v) is 13.9. The Bertz CT molecular complexity index is 764. The Labute approximate surface area is 142 Å². The summed E-state index contributed by atoms with van der Waals surface area (Å²) in [5, 5.41) is 8.81. The quantitative estimate of drug-likeness (QED) is 0.710. The summed E-state index contributed by atoms with van der Waals surface area (Å²) in [5.41, 5.74) is 1.02. The Morgan fingerprint density at radius 3 is 2.78 bits per heavy atom. The van der Waals surface area contributed by atoms with E-state index in [4.69, 9.17) is 16.1 Å². The number of rotatable bonds is 3. The maximum absolute atomic E-state index is 5.89. The monoisotopic (exact) mass is 346 g/mol. The Morgan fingerprint density at radius 1 is 1.22 bits per heavy atom. The average molecular weight is 347 g/mol. The number of hydrogen-bond donors (Lipinski definition) is 0. The van der Waals surface area contributed by atoms with Gasteiger partial charge in [-0.15, -0.1) is 0 Å². The van der Waals surface area contributed by atoms with Crippen molar-refractivity contribution < 1.29 is 4.52 Å². The van der Waals surface area contributed by atoms with Gasteiger partial charge < -0.3 is 9.42 Å². The number of aromatic nitrogens is 3. The molecule has 0 radical (unpaired) electrons. The Kier molecular flexibility index (Phi) is 4.01. The van der Waals surface area contributed by atoms with E-state index in [0.717, 1.165) is 43.2 Å². The molecule has 118 valence electrons. The molecule has 7 heteroatoms. The highest BCUT2D eigenvalue weighted by molar-refractivity contribution is 7.08. The molecule has 0 aromatic carbocycles. The third-order valence-electron chi connectivity index (χ3n) is 4.10. The van der Waals surface area contributed by atoms with Gasteiger partial charge in [0.15, 0.2) is 0 Å². The third kappa shape index (κ3) is 3.09. The van der Waals surface area contributed by atoms with E-state index in [9.17, 15) is 0 Å². The van der Waals surface area contributed by atoms with Crippen molar-refractivity contribution in [1.29, 1.82) is 0 Å². The smallest absolute Gasteiger partial charge is 0.230 e. The second-order valence-electron chi connectivity index (χ2n) is 5.56. The van der Waals surface area contributed by atoms with E-state index in [-0.39, 0.29) is 0 Å². The van der Waals surface area contributed by atoms with Crippen LogP contribution in [0, 0.1) is 0 Å². The molecule has 0 spiro atoms. The minimum Gasteiger partial charge on any atom is -0.357 e. The maximum atomic E-state index is 5.89. The summed E-state index contributed by atoms with van der Waals surface area (Å²) >= 11 is 7.52. The molecule has 1 saturated heterocycles. The van der Waals surface area contributed by atoms with Gasteiger partial charge in [-0.3, -0.25) is 0 Å². The fraction of sp³-hybridized carbons (Fsp3) is 0.312. The summed E-state index contributed by atoms with van der Waals surface area (Å²) in [6, 6.07) is 5.85. The van der Waals surface area contributed by atoms with Crippen LogP contribution in [0.15, 0.2) is 39.7 Å². The van der Waals surface area contributed by atoms with Gasteiger partial charge in [0, 0.05) is 36.1 Å². The lowest BCUT2D eigenvalue weighted by Gasteiger charge is -2.31. The molecule has 1 aliphatic heterocycles. The lowest BCUT2D eigenvalue weighted by Crippen LogP contribution is -2.33. The number of anilines is 1. The van der Waals surface area contributed by atoms with Gasteiger partial charge in [0.25, 0.3) is 0 Å². The SMILES string of the molecule is Clc1ccc(N2CCC(c3nc(-c4ccsc4)no3)CC2)nc1. The van der Waals surface area contributed by atoms with Crippen LogP contribution in [-0.2, 0) is 0 Å². The molecule has 3 aromatic rings. The summed E-state index contributed by atoms with van der Waals surface area (Å²) in [6.45, 7) is 1.85. The highest BCUT2D eigenvalue weighted by atomic mass is 35.5. The topological polar surface area (TPSA) is 55.1 Å². The summed E-state index contributed by atoms with van der Waals surface area (Å²) < 4.78 is 5.48. The summed E-state index contributed by atoms with van der Waals surface area (Å²) in [6.07, 6.45) is 3.65. The van der Waals surface area contributed by atoms with Crippen LogP contribution in [0.2, 0.25) is 5.02 Å². The number of halogens is 1. The van der Waals surface area contributed by atoms with E-state index in [1.807, 2.05) is 29.0 Å². The minimum atomic E-state index is 0.318. The molecule has 0 unspecified atom stereocenters. The molecule has 23 heavy (non-hydrogen) atoms. The summed E-state index contributed by atoms with van der Waals surface area (Å²) in [7, 11) is 0. The molecule has 1 aliphatic rings. The van der Waals surface area contributed by atoms with Gasteiger partial charge in [-0.2, -0.15) is 16.3 Å². The molecule has 0 aliphatic carbocycles. The highest BCUT2D eigenvalue weighted by Gasteiger charge is 2.26. The highest BCUT2D eigenvalue weighted by Crippen LogP contribution is 2.30. The van der Waals surface area contributed by atoms with Crippen molar-refractivity contribution in [2.75, 3.05) is 18.0 Å². The number of hydrogen-bond acceptors (Lipinski definition) is 6. The van der Waals surface area contributed by atoms with Crippen LogP contribution in [-0.4, -0.2) is 28.2 Å². The van der Waals surface area contributed by atoms with Gasteiger partial charge in [0.2, 0.25) is 11.7 Å². The van der Waals surface area contributed by atoms with Crippen molar-refractivity contribution in [3.63, 3.8) is 0 Å². The molecular formula is C16H15ClN4OS. The standard InChI is InChI=1S/C16H15ClN4OS/c17-13-1-2-14(18-9-13)21-6-3-11(4-7-21)16-19-15(20-22-16)12-5-8-23-10-12/h1-2,5,8-11H,3-4,6-7H2. The van der Waals surface area contributed by atoms with E-state index in [0.29, 0.717) is 16.8 Å². The van der Waals surface area contributed by atoms with Crippen LogP contribution in [0.3, 0.4) is 0 Å². The first-order chi connectivity index (χ1) is 11.3. The first kappa shape index (κ1) is 14.7. The molecular weight excluding hydrogens is 332 g/mol. The Morgan fingerprint density at radius 2 is 2.09 bits per heavy atom. The summed E-state index contributed by atoms with van der Waals surface area (Å²) in [4.78, 5) is 11.2. The molecule has 0 bridgehead atoms. The Balaban J connectivity index is 1.42. The average Bonchev–Trinajstić information content (AvgIpc) is 3.27. The van der Waals surface area contributed by atoms with E-state index in [1.165, 1.54) is 0 Å². The molecule has 1 fully saturated rings. The predicted octanol–water partition coefficient (Wildman–Crippen LogP) is 4.23. The van der Waals surface area contributed by atoms with Crippen LogP contribution < -0.4 is 4.90 Å². The molecule has 0 amide bonds. The third-order valence-corrected chi connectivity index (χ3v) is 5.01. The first-order valence-electron chi connectivity index (χ1n) is 7.52. The van der Waals surface area contributed by atoms with Crippen LogP contribution in [0.25, 0.3) is 11.4 Å². The van der Waals surface area contributed by atoms with Crippen molar-refractivity contribution in [3.8, 4) is 11.4 Å². The van der Waals surface area contributed by atoms with Gasteiger partial charge in [0.05, 0.1) is 5.02 Å². The number of thiophene rings is 1. The van der Waals surface area contributed by atoms with Crippen molar-refractivity contribution in [2.45, 2.75) is 18.8 Å². The van der Waals surface area contributed by atoms with E-state index < -0.39 is 0 Å². The van der Waals surface area contributed by atoms with Crippen LogP contribution in [0.5, 0.6) is 0 Å². The molecule has 0 saturated carbocycles. The molecule has 4 heterocycles. The normalized spacial score (nSPS) is 16.0. The summed E-state index contributed by atoms with van der Waals surface area (Å²) in [5.74, 6) is 2.72. The second-order valence-corrected chi connectivity index (χ2v) is 6.78. The van der Waals surface area contributed by atoms with E-state index in [1.54, 1.807) is 17.5 Å². The number of pyridine rings is 1. The minimum absolute atomic E-state index is 0.318. The van der Waals surface area contributed by atoms with Gasteiger partial charge >= 0.3 is 0 Å². The van der Waals surface area contributed by atoms with E-state index >= 15 is 0 Å². The van der Waals surface area contributed by atoms with Gasteiger partial charge in [-0.05, 0) is 36.4 Å². The molecule has 5 nitrogen and oxygen atoms in total. The largest absolute Gasteiger partial charge is 0.357 e. The molecule has 3 aromatic heterocycles. The maximum Gasteiger partial charge on any atom is 0.230 e. The van der Waals surface area contributed by atoms with Gasteiger partial charge in [-0.1, -0.05) is 16.8 Å². The number of piperidine rings is 1. The van der Waals surface area contributed by atoms with Gasteiger partial charge in [0.1, 0.15) is 5.82 Å². The molecule has 0 N–H and O–H groups in total. The second kappa shape index (κ2) is 6.29. The molecule has 4 rings (SSSR count). The first-order valence-corrected chi connectivity index (χ1v) is 8.84. The number of nitrogens with zero attached hydrogens (tertiary/aromatic N) is 4. The van der Waals surface area contributed by atoms with Crippen molar-refractivity contribution in [3.05, 3.63) is 46.1 Å². The lowest BCUT2D eigenvalue weighted by molar-refractivity contribution is 0.329. The zero-order valence-electron chi connectivity index (χ0n) is 12.4. The Hall–Kier alpha value is -1.92. The lowest BCUT2D eigenvalue weighted by atomic mass is 9.97. The van der Waals surface area contributed by atoms with Crippen LogP contribution in [0.4, 0.5) is 5.82 Å². The van der Waals surface area contributed by atoms with Crippen molar-refractivity contribution in [1.82, 2.24) is 15.1 Å². The zero-order chi connectivity index (χ0) is 15.6. The van der Waals surface area contributed by atoms with Gasteiger partial charge in [-0.25, -0.2) is 4.98 Å².